The Balaban J connectivity index is 1.50. The van der Waals surface area contributed by atoms with Crippen LogP contribution in [-0.4, -0.2) is 46.8 Å². The Labute approximate surface area is 182 Å². The molecule has 0 unspecified atom stereocenters. The molecule has 0 aliphatic carbocycles. The number of fused-ring (bicyclic) bond motifs is 1. The first-order valence-corrected chi connectivity index (χ1v) is 10.3. The number of ether oxygens (including phenoxy) is 1. The highest BCUT2D eigenvalue weighted by Crippen LogP contribution is 2.31. The monoisotopic (exact) mass is 410 g/mol. The lowest BCUT2D eigenvalue weighted by Crippen LogP contribution is -2.19. The van der Waals surface area contributed by atoms with Gasteiger partial charge in [-0.3, -0.25) is 4.68 Å². The van der Waals surface area contributed by atoms with Gasteiger partial charge in [-0.25, -0.2) is 9.97 Å². The summed E-state index contributed by atoms with van der Waals surface area (Å²) in [6.45, 7) is 3.84. The van der Waals surface area contributed by atoms with E-state index in [4.69, 9.17) is 17.6 Å². The summed E-state index contributed by atoms with van der Waals surface area (Å²) < 4.78 is 8.03. The van der Waals surface area contributed by atoms with Crippen molar-refractivity contribution >= 4 is 35.8 Å². The molecular weight excluding hydrogens is 387 g/mol. The van der Waals surface area contributed by atoms with Gasteiger partial charge in [-0.2, -0.15) is 5.10 Å². The summed E-state index contributed by atoms with van der Waals surface area (Å²) in [5.41, 5.74) is 5.50. The van der Waals surface area contributed by atoms with Crippen molar-refractivity contribution in [2.45, 2.75) is 19.4 Å². The van der Waals surface area contributed by atoms with E-state index in [1.807, 2.05) is 44.6 Å². The number of nitrogens with one attached hydrogen (secondary N) is 2. The van der Waals surface area contributed by atoms with Gasteiger partial charge < -0.3 is 15.4 Å². The molecule has 3 heterocycles. The third-order valence-electron chi connectivity index (χ3n) is 5.41. The summed E-state index contributed by atoms with van der Waals surface area (Å²) in [6, 6.07) is 9.90. The number of rotatable bonds is 5. The van der Waals surface area contributed by atoms with Crippen molar-refractivity contribution in [3.8, 4) is 16.9 Å². The molecular formula is C23H23BN6O. The summed E-state index contributed by atoms with van der Waals surface area (Å²) in [7, 11) is 7.86. The van der Waals surface area contributed by atoms with E-state index in [0.29, 0.717) is 11.4 Å². The van der Waals surface area contributed by atoms with Crippen LogP contribution >= 0.6 is 0 Å². The molecule has 1 aliphatic rings. The van der Waals surface area contributed by atoms with Crippen LogP contribution in [0, 0.1) is 6.92 Å². The minimum absolute atomic E-state index is 0.169. The normalized spacial score (nSPS) is 16.0. The molecule has 1 atom stereocenters. The van der Waals surface area contributed by atoms with Crippen molar-refractivity contribution in [2.24, 2.45) is 7.05 Å². The molecule has 5 rings (SSSR count). The van der Waals surface area contributed by atoms with E-state index in [1.165, 1.54) is 0 Å². The highest BCUT2D eigenvalue weighted by molar-refractivity contribution is 6.33. The third kappa shape index (κ3) is 4.25. The minimum atomic E-state index is 0.169. The lowest BCUT2D eigenvalue weighted by molar-refractivity contribution is 0.223. The van der Waals surface area contributed by atoms with E-state index >= 15 is 0 Å². The average Bonchev–Trinajstić information content (AvgIpc) is 3.40. The summed E-state index contributed by atoms with van der Waals surface area (Å²) >= 11 is 0. The van der Waals surface area contributed by atoms with Crippen LogP contribution in [0.25, 0.3) is 22.0 Å². The van der Waals surface area contributed by atoms with Gasteiger partial charge in [-0.05, 0) is 43.1 Å². The van der Waals surface area contributed by atoms with Crippen LogP contribution < -0.4 is 20.8 Å². The van der Waals surface area contributed by atoms with Crippen LogP contribution in [0.1, 0.15) is 12.0 Å². The van der Waals surface area contributed by atoms with Gasteiger partial charge in [-0.1, -0.05) is 17.6 Å². The molecule has 0 bridgehead atoms. The molecule has 4 aromatic rings. The maximum atomic E-state index is 6.24. The molecule has 1 saturated heterocycles. The number of aromatic nitrogens is 4. The Morgan fingerprint density at radius 2 is 2.06 bits per heavy atom. The van der Waals surface area contributed by atoms with Gasteiger partial charge in [0, 0.05) is 48.7 Å². The minimum Gasteiger partial charge on any atom is -0.489 e. The highest BCUT2D eigenvalue weighted by atomic mass is 16.5. The quantitative estimate of drug-likeness (QED) is 0.493. The van der Waals surface area contributed by atoms with E-state index in [2.05, 4.69) is 32.8 Å². The Morgan fingerprint density at radius 3 is 2.84 bits per heavy atom. The lowest BCUT2D eigenvalue weighted by atomic mass is 9.93. The first kappa shape index (κ1) is 19.6. The summed E-state index contributed by atoms with van der Waals surface area (Å²) in [5, 5.41) is 11.9. The van der Waals surface area contributed by atoms with Gasteiger partial charge in [-0.15, -0.1) is 0 Å². The standard InChI is InChI=1S/C23H23BN6O/c1-14-5-18(24)6-16-10-26-23(29-22(14)16)28-19-7-15(17-11-27-30(2)13-17)8-21(9-19)31-20-3-4-25-12-20/h5-11,13,20,25H,3-4,12H2,1-2H3,(H,26,28,29)/t20-/m1/s1. The molecule has 2 radical (unpaired) electrons. The Kier molecular flexibility index (Phi) is 5.07. The van der Waals surface area contributed by atoms with Crippen molar-refractivity contribution in [3.05, 3.63) is 54.5 Å². The molecule has 0 saturated carbocycles. The van der Waals surface area contributed by atoms with Gasteiger partial charge in [0.2, 0.25) is 5.95 Å². The smallest absolute Gasteiger partial charge is 0.227 e. The Bertz CT molecular complexity index is 1250. The molecule has 1 aliphatic heterocycles. The van der Waals surface area contributed by atoms with Crippen molar-refractivity contribution in [1.82, 2.24) is 25.1 Å². The number of anilines is 2. The van der Waals surface area contributed by atoms with Crippen molar-refractivity contribution in [3.63, 3.8) is 0 Å². The zero-order chi connectivity index (χ0) is 21.4. The first-order chi connectivity index (χ1) is 15.0. The molecule has 8 heteroatoms. The highest BCUT2D eigenvalue weighted by Gasteiger charge is 2.17. The largest absolute Gasteiger partial charge is 0.489 e. The van der Waals surface area contributed by atoms with Gasteiger partial charge in [0.05, 0.1) is 11.7 Å². The van der Waals surface area contributed by atoms with Crippen LogP contribution in [0.2, 0.25) is 0 Å². The molecule has 31 heavy (non-hydrogen) atoms. The molecule has 1 fully saturated rings. The topological polar surface area (TPSA) is 76.9 Å². The van der Waals surface area contributed by atoms with E-state index in [1.54, 1.807) is 10.9 Å². The molecule has 2 N–H and O–H groups in total. The van der Waals surface area contributed by atoms with Gasteiger partial charge >= 0.3 is 0 Å². The number of aryl methyl sites for hydroxylation is 2. The Hall–Kier alpha value is -3.39. The predicted octanol–water partition coefficient (Wildman–Crippen LogP) is 2.62. The Morgan fingerprint density at radius 1 is 1.16 bits per heavy atom. The maximum absolute atomic E-state index is 6.24. The van der Waals surface area contributed by atoms with E-state index in [0.717, 1.165) is 58.5 Å². The summed E-state index contributed by atoms with van der Waals surface area (Å²) in [5.74, 6) is 1.33. The number of hydrogen-bond donors (Lipinski definition) is 2. The van der Waals surface area contributed by atoms with Crippen LogP contribution in [-0.2, 0) is 7.05 Å². The number of benzene rings is 2. The molecule has 7 nitrogen and oxygen atoms in total. The second kappa shape index (κ2) is 8.04. The SMILES string of the molecule is [B]c1cc(C)c2nc(Nc3cc(O[C@@H]4CCNC4)cc(-c4cnn(C)c4)c3)ncc2c1. The molecule has 2 aromatic heterocycles. The van der Waals surface area contributed by atoms with Crippen molar-refractivity contribution in [1.29, 1.82) is 0 Å². The fraction of sp³-hybridized carbons (Fsp3) is 0.261. The molecule has 0 spiro atoms. The van der Waals surface area contributed by atoms with Gasteiger partial charge in [0.1, 0.15) is 19.7 Å². The van der Waals surface area contributed by atoms with Crippen LogP contribution in [0.4, 0.5) is 11.6 Å². The fourth-order valence-electron chi connectivity index (χ4n) is 3.94. The molecule has 2 aromatic carbocycles. The second-order valence-electron chi connectivity index (χ2n) is 7.98. The zero-order valence-electron chi connectivity index (χ0n) is 17.6. The fourth-order valence-corrected chi connectivity index (χ4v) is 3.94. The maximum Gasteiger partial charge on any atom is 0.227 e. The van der Waals surface area contributed by atoms with Crippen molar-refractivity contribution in [2.75, 3.05) is 18.4 Å². The van der Waals surface area contributed by atoms with Crippen LogP contribution in [0.5, 0.6) is 5.75 Å². The third-order valence-corrected chi connectivity index (χ3v) is 5.41. The van der Waals surface area contributed by atoms with E-state index in [9.17, 15) is 0 Å². The average molecular weight is 410 g/mol. The number of hydrogen-bond acceptors (Lipinski definition) is 6. The van der Waals surface area contributed by atoms with E-state index < -0.39 is 0 Å². The zero-order valence-corrected chi connectivity index (χ0v) is 17.6. The first-order valence-electron chi connectivity index (χ1n) is 10.3. The van der Waals surface area contributed by atoms with Crippen LogP contribution in [0.3, 0.4) is 0 Å². The van der Waals surface area contributed by atoms with Crippen LogP contribution in [0.15, 0.2) is 48.9 Å². The molecule has 0 amide bonds. The summed E-state index contributed by atoms with van der Waals surface area (Å²) in [6.07, 6.45) is 6.79. The van der Waals surface area contributed by atoms with Crippen molar-refractivity contribution < 1.29 is 4.74 Å². The van der Waals surface area contributed by atoms with E-state index in [-0.39, 0.29) is 6.10 Å². The lowest BCUT2D eigenvalue weighted by Gasteiger charge is -2.15. The molecule has 154 valence electrons. The second-order valence-corrected chi connectivity index (χ2v) is 7.98. The van der Waals surface area contributed by atoms with Gasteiger partial charge in [0.25, 0.3) is 0 Å². The summed E-state index contributed by atoms with van der Waals surface area (Å²) in [4.78, 5) is 9.18. The predicted molar refractivity (Wildman–Crippen MR) is 123 cm³/mol. The number of nitrogens with zero attached hydrogens (tertiary/aromatic N) is 4. The van der Waals surface area contributed by atoms with Gasteiger partial charge in [0.15, 0.2) is 0 Å².